The number of nitrogens with zero attached hydrogens (tertiary/aromatic N) is 2. The second kappa shape index (κ2) is 4.85. The van der Waals surface area contributed by atoms with Gasteiger partial charge in [-0.25, -0.2) is 9.37 Å². The molecule has 0 aliphatic heterocycles. The molecule has 2 aromatic rings. The van der Waals surface area contributed by atoms with Crippen molar-refractivity contribution in [2.75, 3.05) is 11.1 Å². The molecule has 0 saturated heterocycles. The fourth-order valence-corrected chi connectivity index (χ4v) is 1.69. The van der Waals surface area contributed by atoms with Crippen molar-refractivity contribution < 1.29 is 4.39 Å². The average Bonchev–Trinajstić information content (AvgIpc) is 2.27. The SMILES string of the molecule is Nc1ncc(Br)c(Nc2ccc(F)cc2Cl)n1. The molecule has 17 heavy (non-hydrogen) atoms. The number of rotatable bonds is 2. The van der Waals surface area contributed by atoms with Gasteiger partial charge in [0.2, 0.25) is 5.95 Å². The molecule has 0 radical (unpaired) electrons. The highest BCUT2D eigenvalue weighted by atomic mass is 79.9. The van der Waals surface area contributed by atoms with Crippen molar-refractivity contribution in [3.63, 3.8) is 0 Å². The van der Waals surface area contributed by atoms with E-state index in [1.165, 1.54) is 24.4 Å². The van der Waals surface area contributed by atoms with E-state index < -0.39 is 5.82 Å². The zero-order chi connectivity index (χ0) is 12.4. The minimum Gasteiger partial charge on any atom is -0.368 e. The van der Waals surface area contributed by atoms with Gasteiger partial charge in [0.15, 0.2) is 0 Å². The van der Waals surface area contributed by atoms with Gasteiger partial charge in [-0.1, -0.05) is 11.6 Å². The number of hydrogen-bond acceptors (Lipinski definition) is 4. The summed E-state index contributed by atoms with van der Waals surface area (Å²) >= 11 is 9.15. The molecule has 0 atom stereocenters. The Morgan fingerprint density at radius 2 is 2.18 bits per heavy atom. The van der Waals surface area contributed by atoms with Gasteiger partial charge in [-0.2, -0.15) is 4.98 Å². The third-order valence-electron chi connectivity index (χ3n) is 1.95. The van der Waals surface area contributed by atoms with Crippen LogP contribution in [0.2, 0.25) is 5.02 Å². The van der Waals surface area contributed by atoms with E-state index in [2.05, 4.69) is 31.2 Å². The molecular formula is C10H7BrClFN4. The van der Waals surface area contributed by atoms with E-state index in [9.17, 15) is 4.39 Å². The third-order valence-corrected chi connectivity index (χ3v) is 2.84. The second-order valence-electron chi connectivity index (χ2n) is 3.17. The fraction of sp³-hybridized carbons (Fsp3) is 0. The highest BCUT2D eigenvalue weighted by Crippen LogP contribution is 2.28. The molecule has 0 saturated carbocycles. The number of nitrogens with two attached hydrogens (primary N) is 1. The summed E-state index contributed by atoms with van der Waals surface area (Å²) in [5, 5.41) is 3.19. The number of nitrogens with one attached hydrogen (secondary N) is 1. The largest absolute Gasteiger partial charge is 0.368 e. The maximum Gasteiger partial charge on any atom is 0.222 e. The maximum atomic E-state index is 12.9. The molecule has 1 heterocycles. The highest BCUT2D eigenvalue weighted by molar-refractivity contribution is 9.10. The minimum absolute atomic E-state index is 0.133. The topological polar surface area (TPSA) is 63.8 Å². The quantitative estimate of drug-likeness (QED) is 0.891. The molecule has 0 fully saturated rings. The Morgan fingerprint density at radius 1 is 1.41 bits per heavy atom. The van der Waals surface area contributed by atoms with Gasteiger partial charge in [-0.15, -0.1) is 0 Å². The number of anilines is 3. The van der Waals surface area contributed by atoms with Crippen LogP contribution in [0.5, 0.6) is 0 Å². The molecular weight excluding hydrogens is 310 g/mol. The van der Waals surface area contributed by atoms with E-state index in [-0.39, 0.29) is 11.0 Å². The van der Waals surface area contributed by atoms with Crippen molar-refractivity contribution in [2.24, 2.45) is 0 Å². The van der Waals surface area contributed by atoms with Gasteiger partial charge in [0.25, 0.3) is 0 Å². The van der Waals surface area contributed by atoms with Crippen molar-refractivity contribution >= 4 is 45.0 Å². The van der Waals surface area contributed by atoms with Crippen LogP contribution in [0.3, 0.4) is 0 Å². The van der Waals surface area contributed by atoms with Gasteiger partial charge in [-0.05, 0) is 34.1 Å². The molecule has 88 valence electrons. The summed E-state index contributed by atoms with van der Waals surface area (Å²) in [5.74, 6) is 0.196. The van der Waals surface area contributed by atoms with E-state index in [0.717, 1.165) is 0 Å². The monoisotopic (exact) mass is 316 g/mol. The Hall–Kier alpha value is -1.40. The van der Waals surface area contributed by atoms with Crippen molar-refractivity contribution in [1.82, 2.24) is 9.97 Å². The van der Waals surface area contributed by atoms with Crippen molar-refractivity contribution in [1.29, 1.82) is 0 Å². The van der Waals surface area contributed by atoms with E-state index in [1.54, 1.807) is 0 Å². The van der Waals surface area contributed by atoms with Gasteiger partial charge >= 0.3 is 0 Å². The lowest BCUT2D eigenvalue weighted by molar-refractivity contribution is 0.628. The number of hydrogen-bond donors (Lipinski definition) is 2. The predicted molar refractivity (Wildman–Crippen MR) is 68.8 cm³/mol. The molecule has 0 aliphatic carbocycles. The number of benzene rings is 1. The molecule has 0 unspecified atom stereocenters. The summed E-state index contributed by atoms with van der Waals surface area (Å²) in [6, 6.07) is 4.03. The normalized spacial score (nSPS) is 10.3. The van der Waals surface area contributed by atoms with E-state index in [1.807, 2.05) is 0 Å². The smallest absolute Gasteiger partial charge is 0.222 e. The van der Waals surface area contributed by atoms with Crippen LogP contribution < -0.4 is 11.1 Å². The molecule has 7 heteroatoms. The van der Waals surface area contributed by atoms with Crippen molar-refractivity contribution in [3.05, 3.63) is 39.7 Å². The summed E-state index contributed by atoms with van der Waals surface area (Å²) in [6.07, 6.45) is 1.52. The van der Waals surface area contributed by atoms with Crippen LogP contribution in [0, 0.1) is 5.82 Å². The van der Waals surface area contributed by atoms with Crippen LogP contribution in [0.15, 0.2) is 28.9 Å². The lowest BCUT2D eigenvalue weighted by Gasteiger charge is -2.09. The molecule has 4 nitrogen and oxygen atoms in total. The van der Waals surface area contributed by atoms with Crippen molar-refractivity contribution in [3.8, 4) is 0 Å². The van der Waals surface area contributed by atoms with Crippen LogP contribution in [0.1, 0.15) is 0 Å². The Morgan fingerprint density at radius 3 is 2.88 bits per heavy atom. The zero-order valence-corrected chi connectivity index (χ0v) is 10.8. The Labute approximate surface area is 110 Å². The van der Waals surface area contributed by atoms with Gasteiger partial charge in [0.05, 0.1) is 15.2 Å². The first-order chi connectivity index (χ1) is 8.06. The van der Waals surface area contributed by atoms with Crippen LogP contribution in [-0.2, 0) is 0 Å². The van der Waals surface area contributed by atoms with Crippen molar-refractivity contribution in [2.45, 2.75) is 0 Å². The predicted octanol–water partition coefficient (Wildman–Crippen LogP) is 3.36. The van der Waals surface area contributed by atoms with Gasteiger partial charge in [0, 0.05) is 6.20 Å². The number of nitrogen functional groups attached to an aromatic ring is 1. The van der Waals surface area contributed by atoms with E-state index in [0.29, 0.717) is 16.0 Å². The average molecular weight is 318 g/mol. The fourth-order valence-electron chi connectivity index (χ4n) is 1.19. The summed E-state index contributed by atoms with van der Waals surface area (Å²) in [4.78, 5) is 7.79. The molecule has 0 bridgehead atoms. The van der Waals surface area contributed by atoms with Crippen LogP contribution in [0.4, 0.5) is 21.8 Å². The highest BCUT2D eigenvalue weighted by Gasteiger charge is 2.07. The van der Waals surface area contributed by atoms with Gasteiger partial charge in [-0.3, -0.25) is 0 Å². The summed E-state index contributed by atoms with van der Waals surface area (Å²) in [7, 11) is 0. The first kappa shape index (κ1) is 12.1. The first-order valence-corrected chi connectivity index (χ1v) is 5.73. The third kappa shape index (κ3) is 2.83. The maximum absolute atomic E-state index is 12.9. The first-order valence-electron chi connectivity index (χ1n) is 4.56. The summed E-state index contributed by atoms with van der Waals surface area (Å²) in [5.41, 5.74) is 6.00. The molecule has 0 spiro atoms. The van der Waals surface area contributed by atoms with Crippen LogP contribution >= 0.6 is 27.5 Å². The summed E-state index contributed by atoms with van der Waals surface area (Å²) in [6.45, 7) is 0. The zero-order valence-electron chi connectivity index (χ0n) is 8.42. The molecule has 0 aliphatic rings. The van der Waals surface area contributed by atoms with Crippen LogP contribution in [-0.4, -0.2) is 9.97 Å². The van der Waals surface area contributed by atoms with Gasteiger partial charge < -0.3 is 11.1 Å². The number of halogens is 3. The molecule has 3 N–H and O–H groups in total. The Bertz CT molecular complexity index is 564. The minimum atomic E-state index is -0.401. The molecule has 1 aromatic heterocycles. The number of aromatic nitrogens is 2. The Balaban J connectivity index is 2.34. The molecule has 1 aromatic carbocycles. The summed E-state index contributed by atoms with van der Waals surface area (Å²) < 4.78 is 13.5. The van der Waals surface area contributed by atoms with E-state index in [4.69, 9.17) is 17.3 Å². The Kier molecular flexibility index (Phi) is 3.44. The standard InChI is InChI=1S/C10H7BrClFN4/c11-6-4-15-10(14)17-9(6)16-8-2-1-5(13)3-7(8)12/h1-4H,(H3,14,15,16,17). The lowest BCUT2D eigenvalue weighted by Crippen LogP contribution is -2.01. The lowest BCUT2D eigenvalue weighted by atomic mass is 10.3. The van der Waals surface area contributed by atoms with Crippen LogP contribution in [0.25, 0.3) is 0 Å². The van der Waals surface area contributed by atoms with Gasteiger partial charge in [0.1, 0.15) is 11.6 Å². The molecule has 0 amide bonds. The molecule has 2 rings (SSSR count). The van der Waals surface area contributed by atoms with E-state index >= 15 is 0 Å². The second-order valence-corrected chi connectivity index (χ2v) is 4.44.